The van der Waals surface area contributed by atoms with Crippen LogP contribution in [0, 0.1) is 13.8 Å². The Bertz CT molecular complexity index is 903. The van der Waals surface area contributed by atoms with Crippen LogP contribution >= 0.6 is 11.8 Å². The van der Waals surface area contributed by atoms with Gasteiger partial charge in [-0.3, -0.25) is 0 Å². The van der Waals surface area contributed by atoms with Crippen LogP contribution in [0.4, 0.5) is 0 Å². The zero-order chi connectivity index (χ0) is 18.5. The number of thioether (sulfide) groups is 1. The molecule has 1 aromatic carbocycles. The molecule has 7 nitrogen and oxygen atoms in total. The van der Waals surface area contributed by atoms with Crippen LogP contribution in [0.5, 0.6) is 5.75 Å². The van der Waals surface area contributed by atoms with Gasteiger partial charge in [0.15, 0.2) is 6.61 Å². The second-order valence-corrected chi connectivity index (χ2v) is 6.48. The highest BCUT2D eigenvalue weighted by molar-refractivity contribution is 7.98. The van der Waals surface area contributed by atoms with E-state index in [2.05, 4.69) is 10.2 Å². The van der Waals surface area contributed by atoms with E-state index in [-0.39, 0.29) is 6.61 Å². The number of aromatic nitrogens is 2. The fourth-order valence-corrected chi connectivity index (χ4v) is 2.96. The van der Waals surface area contributed by atoms with Gasteiger partial charge in [-0.25, -0.2) is 4.79 Å². The van der Waals surface area contributed by atoms with E-state index in [1.807, 2.05) is 32.0 Å². The molecule has 0 spiro atoms. The lowest BCUT2D eigenvalue weighted by molar-refractivity contribution is 0.0598. The predicted octanol–water partition coefficient (Wildman–Crippen LogP) is 3.94. The fraction of sp³-hybridized carbons (Fsp3) is 0.278. The first-order valence-electron chi connectivity index (χ1n) is 7.86. The molecule has 0 N–H and O–H groups in total. The Morgan fingerprint density at radius 3 is 2.88 bits per heavy atom. The second-order valence-electron chi connectivity index (χ2n) is 5.56. The van der Waals surface area contributed by atoms with Crippen LogP contribution < -0.4 is 4.74 Å². The van der Waals surface area contributed by atoms with Crippen molar-refractivity contribution in [2.24, 2.45) is 0 Å². The molecule has 26 heavy (non-hydrogen) atoms. The molecule has 0 amide bonds. The van der Waals surface area contributed by atoms with Crippen molar-refractivity contribution in [2.45, 2.75) is 31.4 Å². The Labute approximate surface area is 154 Å². The van der Waals surface area contributed by atoms with Crippen molar-refractivity contribution in [2.75, 3.05) is 7.11 Å². The largest absolute Gasteiger partial charge is 0.484 e. The molecule has 0 bridgehead atoms. The summed E-state index contributed by atoms with van der Waals surface area (Å²) in [4.78, 5) is 11.6. The van der Waals surface area contributed by atoms with Gasteiger partial charge in [0, 0.05) is 0 Å². The highest BCUT2D eigenvalue weighted by Gasteiger charge is 2.17. The van der Waals surface area contributed by atoms with E-state index in [0.29, 0.717) is 28.2 Å². The van der Waals surface area contributed by atoms with Crippen molar-refractivity contribution in [1.29, 1.82) is 0 Å². The normalized spacial score (nSPS) is 10.7. The lowest BCUT2D eigenvalue weighted by atomic mass is 10.1. The van der Waals surface area contributed by atoms with Crippen LogP contribution in [0.25, 0.3) is 0 Å². The maximum Gasteiger partial charge on any atom is 0.341 e. The monoisotopic (exact) mass is 374 g/mol. The molecule has 0 fully saturated rings. The number of hydrogen-bond donors (Lipinski definition) is 0. The molecule has 136 valence electrons. The third kappa shape index (κ3) is 4.26. The number of furan rings is 1. The van der Waals surface area contributed by atoms with Gasteiger partial charge in [0.1, 0.15) is 17.1 Å². The molecular weight excluding hydrogens is 356 g/mol. The minimum absolute atomic E-state index is 0.187. The standard InChI is InChI=1S/C18H18N2O5S/c1-11-4-5-12(2)14(8-11)24-9-16-19-20-18(25-16)26-10-15-13(6-7-23-15)17(21)22-3/h4-8H,9-10H2,1-3H3. The number of hydrogen-bond acceptors (Lipinski definition) is 8. The van der Waals surface area contributed by atoms with Crippen molar-refractivity contribution in [3.8, 4) is 5.75 Å². The van der Waals surface area contributed by atoms with Crippen molar-refractivity contribution in [3.05, 3.63) is 58.9 Å². The minimum atomic E-state index is -0.442. The highest BCUT2D eigenvalue weighted by Crippen LogP contribution is 2.25. The van der Waals surface area contributed by atoms with Crippen molar-refractivity contribution >= 4 is 17.7 Å². The predicted molar refractivity (Wildman–Crippen MR) is 94.2 cm³/mol. The first-order chi connectivity index (χ1) is 12.6. The van der Waals surface area contributed by atoms with Crippen LogP contribution in [0.1, 0.15) is 33.1 Å². The maximum absolute atomic E-state index is 11.6. The van der Waals surface area contributed by atoms with E-state index in [9.17, 15) is 4.79 Å². The SMILES string of the molecule is COC(=O)c1ccoc1CSc1nnc(COc2cc(C)ccc2C)o1. The zero-order valence-corrected chi connectivity index (χ0v) is 15.5. The van der Waals surface area contributed by atoms with Gasteiger partial charge in [-0.05, 0) is 37.1 Å². The summed E-state index contributed by atoms with van der Waals surface area (Å²) in [7, 11) is 1.33. The molecule has 3 rings (SSSR count). The van der Waals surface area contributed by atoms with Crippen molar-refractivity contribution < 1.29 is 23.1 Å². The zero-order valence-electron chi connectivity index (χ0n) is 14.6. The number of aryl methyl sites for hydroxylation is 2. The quantitative estimate of drug-likeness (QED) is 0.454. The maximum atomic E-state index is 11.6. The molecule has 0 aliphatic heterocycles. The molecule has 0 saturated heterocycles. The van der Waals surface area contributed by atoms with E-state index in [4.69, 9.17) is 18.3 Å². The summed E-state index contributed by atoms with van der Waals surface area (Å²) in [5, 5.41) is 8.32. The number of carbonyl (C=O) groups excluding carboxylic acids is 1. The van der Waals surface area contributed by atoms with Crippen LogP contribution in [0.2, 0.25) is 0 Å². The van der Waals surface area contributed by atoms with Gasteiger partial charge in [0.2, 0.25) is 0 Å². The van der Waals surface area contributed by atoms with Gasteiger partial charge in [0.25, 0.3) is 11.1 Å². The summed E-state index contributed by atoms with van der Waals surface area (Å²) < 4.78 is 21.3. The first-order valence-corrected chi connectivity index (χ1v) is 8.85. The van der Waals surface area contributed by atoms with E-state index in [1.165, 1.54) is 25.1 Å². The second kappa shape index (κ2) is 8.09. The molecule has 0 radical (unpaired) electrons. The number of benzene rings is 1. The molecule has 0 aliphatic carbocycles. The topological polar surface area (TPSA) is 87.6 Å². The fourth-order valence-electron chi connectivity index (χ4n) is 2.23. The summed E-state index contributed by atoms with van der Waals surface area (Å²) in [5.74, 6) is 1.59. The molecule has 2 heterocycles. The van der Waals surface area contributed by atoms with E-state index >= 15 is 0 Å². The van der Waals surface area contributed by atoms with E-state index < -0.39 is 5.97 Å². The summed E-state index contributed by atoms with van der Waals surface area (Å²) >= 11 is 1.27. The van der Waals surface area contributed by atoms with Gasteiger partial charge >= 0.3 is 5.97 Å². The van der Waals surface area contributed by atoms with Gasteiger partial charge in [-0.1, -0.05) is 23.9 Å². The molecule has 3 aromatic rings. The molecule has 0 atom stereocenters. The molecule has 8 heteroatoms. The minimum Gasteiger partial charge on any atom is -0.484 e. The Balaban J connectivity index is 1.58. The van der Waals surface area contributed by atoms with E-state index in [0.717, 1.165) is 16.9 Å². The van der Waals surface area contributed by atoms with Crippen LogP contribution in [-0.2, 0) is 17.1 Å². The summed E-state index contributed by atoms with van der Waals surface area (Å²) in [6.45, 7) is 4.17. The molecule has 0 unspecified atom stereocenters. The number of esters is 1. The molecule has 2 aromatic heterocycles. The van der Waals surface area contributed by atoms with Crippen molar-refractivity contribution in [3.63, 3.8) is 0 Å². The van der Waals surface area contributed by atoms with Gasteiger partial charge in [0.05, 0.1) is 19.1 Å². The lowest BCUT2D eigenvalue weighted by Gasteiger charge is -2.07. The average molecular weight is 374 g/mol. The Kier molecular flexibility index (Phi) is 5.62. The Morgan fingerprint density at radius 2 is 2.08 bits per heavy atom. The van der Waals surface area contributed by atoms with Crippen LogP contribution in [-0.4, -0.2) is 23.3 Å². The Hall–Kier alpha value is -2.74. The summed E-state index contributed by atoms with van der Waals surface area (Å²) in [5.41, 5.74) is 2.54. The molecular formula is C18H18N2O5S. The highest BCUT2D eigenvalue weighted by atomic mass is 32.2. The number of nitrogens with zero attached hydrogens (tertiary/aromatic N) is 2. The molecule has 0 aliphatic rings. The number of rotatable bonds is 7. The molecule has 0 saturated carbocycles. The average Bonchev–Trinajstić information content (AvgIpc) is 3.29. The number of carbonyl (C=O) groups is 1. The third-order valence-electron chi connectivity index (χ3n) is 3.62. The van der Waals surface area contributed by atoms with E-state index in [1.54, 1.807) is 6.07 Å². The van der Waals surface area contributed by atoms with Crippen LogP contribution in [0.3, 0.4) is 0 Å². The summed E-state index contributed by atoms with van der Waals surface area (Å²) in [6, 6.07) is 7.56. The van der Waals surface area contributed by atoms with Gasteiger partial charge in [-0.2, -0.15) is 0 Å². The number of methoxy groups -OCH3 is 1. The third-order valence-corrected chi connectivity index (χ3v) is 4.44. The smallest absolute Gasteiger partial charge is 0.341 e. The lowest BCUT2D eigenvalue weighted by Crippen LogP contribution is -2.02. The van der Waals surface area contributed by atoms with Gasteiger partial charge < -0.3 is 18.3 Å². The Morgan fingerprint density at radius 1 is 1.23 bits per heavy atom. The van der Waals surface area contributed by atoms with Crippen LogP contribution in [0.15, 0.2) is 44.6 Å². The van der Waals surface area contributed by atoms with Gasteiger partial charge in [-0.15, -0.1) is 10.2 Å². The summed E-state index contributed by atoms with van der Waals surface area (Å²) in [6.07, 6.45) is 1.44. The van der Waals surface area contributed by atoms with Crippen molar-refractivity contribution in [1.82, 2.24) is 10.2 Å². The first kappa shape index (κ1) is 18.1. The number of ether oxygens (including phenoxy) is 2.